The van der Waals surface area contributed by atoms with E-state index in [2.05, 4.69) is 24.1 Å². The van der Waals surface area contributed by atoms with E-state index >= 15 is 0 Å². The number of halogens is 2. The summed E-state index contributed by atoms with van der Waals surface area (Å²) in [5.74, 6) is -0.465. The molecule has 0 saturated heterocycles. The van der Waals surface area contributed by atoms with Gasteiger partial charge in [0, 0.05) is 39.4 Å². The van der Waals surface area contributed by atoms with Crippen LogP contribution >= 0.6 is 0 Å². The highest BCUT2D eigenvalue weighted by Crippen LogP contribution is 2.30. The normalized spacial score (nSPS) is 14.1. The number of carbonyl (C=O) groups excluding carboxylic acids is 3. The second-order valence-electron chi connectivity index (χ2n) is 14.2. The van der Waals surface area contributed by atoms with Crippen molar-refractivity contribution >= 4 is 17.8 Å². The number of alkyl halides is 2. The molecule has 0 radical (unpaired) electrons. The van der Waals surface area contributed by atoms with E-state index in [1.54, 1.807) is 58.0 Å². The Hall–Kier alpha value is -3.49. The lowest BCUT2D eigenvalue weighted by molar-refractivity contribution is -0.185. The van der Waals surface area contributed by atoms with Gasteiger partial charge in [0.15, 0.2) is 5.60 Å². The van der Waals surface area contributed by atoms with Gasteiger partial charge in [0.25, 0.3) is 0 Å². The number of allylic oxidation sites excluding steroid dienone is 1. The molecular formula is C41H63F2NO8. The highest BCUT2D eigenvalue weighted by Gasteiger charge is 2.49. The predicted molar refractivity (Wildman–Crippen MR) is 199 cm³/mol. The third kappa shape index (κ3) is 18.8. The third-order valence-electron chi connectivity index (χ3n) is 8.53. The number of methoxy groups -OCH3 is 2. The summed E-state index contributed by atoms with van der Waals surface area (Å²) in [6.07, 6.45) is 10.2. The van der Waals surface area contributed by atoms with Gasteiger partial charge in [0.2, 0.25) is 11.8 Å². The van der Waals surface area contributed by atoms with E-state index in [-0.39, 0.29) is 38.9 Å². The van der Waals surface area contributed by atoms with Gasteiger partial charge < -0.3 is 29.4 Å². The van der Waals surface area contributed by atoms with Crippen molar-refractivity contribution in [3.05, 3.63) is 42.0 Å². The number of unbranched alkanes of at least 4 members (excludes halogenated alkanes) is 8. The maximum atomic E-state index is 14.3. The van der Waals surface area contributed by atoms with Crippen LogP contribution in [0.3, 0.4) is 0 Å². The fourth-order valence-electron chi connectivity index (χ4n) is 5.56. The zero-order valence-corrected chi connectivity index (χ0v) is 32.5. The van der Waals surface area contributed by atoms with E-state index in [4.69, 9.17) is 18.9 Å². The molecule has 3 atom stereocenters. The van der Waals surface area contributed by atoms with Crippen molar-refractivity contribution in [1.29, 1.82) is 0 Å². The first-order valence-electron chi connectivity index (χ1n) is 18.6. The number of amides is 1. The van der Waals surface area contributed by atoms with Crippen LogP contribution in [-0.4, -0.2) is 73.6 Å². The lowest BCUT2D eigenvalue weighted by atomic mass is 9.82. The fourth-order valence-corrected chi connectivity index (χ4v) is 5.56. The summed E-state index contributed by atoms with van der Waals surface area (Å²) >= 11 is 0. The van der Waals surface area contributed by atoms with E-state index in [1.807, 2.05) is 0 Å². The van der Waals surface area contributed by atoms with E-state index in [0.717, 1.165) is 25.7 Å². The summed E-state index contributed by atoms with van der Waals surface area (Å²) in [7, 11) is 2.61. The Labute approximate surface area is 310 Å². The second kappa shape index (κ2) is 24.7. The van der Waals surface area contributed by atoms with Crippen LogP contribution in [0.5, 0.6) is 5.75 Å². The Kier molecular flexibility index (Phi) is 22.1. The van der Waals surface area contributed by atoms with Crippen molar-refractivity contribution in [3.8, 4) is 17.6 Å². The molecule has 1 aromatic rings. The van der Waals surface area contributed by atoms with Crippen LogP contribution in [-0.2, 0) is 35.0 Å². The first-order valence-corrected chi connectivity index (χ1v) is 18.6. The summed E-state index contributed by atoms with van der Waals surface area (Å²) in [6.45, 7) is 8.93. The third-order valence-corrected chi connectivity index (χ3v) is 8.53. The molecule has 1 aromatic carbocycles. The molecule has 0 unspecified atom stereocenters. The average Bonchev–Trinajstić information content (AvgIpc) is 3.09. The molecule has 0 aliphatic carbocycles. The van der Waals surface area contributed by atoms with Crippen LogP contribution in [0.1, 0.15) is 124 Å². The van der Waals surface area contributed by atoms with Crippen LogP contribution in [0.15, 0.2) is 36.4 Å². The van der Waals surface area contributed by atoms with Gasteiger partial charge in [-0.05, 0) is 71.1 Å². The van der Waals surface area contributed by atoms with Gasteiger partial charge in [-0.3, -0.25) is 4.79 Å². The summed E-state index contributed by atoms with van der Waals surface area (Å²) in [6, 6.07) is 5.80. The van der Waals surface area contributed by atoms with Gasteiger partial charge in [0.1, 0.15) is 24.0 Å². The number of carbonyl (C=O) groups is 3. The molecule has 0 aliphatic rings. The largest absolute Gasteiger partial charge is 0.481 e. The number of nitrogens with one attached hydrogen (secondary N) is 1. The molecule has 0 heterocycles. The molecule has 0 fully saturated rings. The smallest absolute Gasteiger partial charge is 0.339 e. The van der Waals surface area contributed by atoms with Crippen molar-refractivity contribution in [2.45, 2.75) is 148 Å². The zero-order valence-electron chi connectivity index (χ0n) is 32.5. The molecule has 1 rings (SSSR count). The lowest BCUT2D eigenvalue weighted by Gasteiger charge is -2.35. The Morgan fingerprint density at radius 3 is 2.10 bits per heavy atom. The molecule has 294 valence electrons. The van der Waals surface area contributed by atoms with Crippen molar-refractivity contribution in [3.63, 3.8) is 0 Å². The summed E-state index contributed by atoms with van der Waals surface area (Å²) < 4.78 is 49.9. The van der Waals surface area contributed by atoms with Gasteiger partial charge in [-0.2, -0.15) is 0 Å². The summed E-state index contributed by atoms with van der Waals surface area (Å²) in [4.78, 5) is 40.4. The van der Waals surface area contributed by atoms with Crippen molar-refractivity contribution < 1.29 is 47.2 Å². The Bertz CT molecular complexity index is 1280. The highest BCUT2D eigenvalue weighted by atomic mass is 19.3. The van der Waals surface area contributed by atoms with Gasteiger partial charge in [0.05, 0.1) is 13.0 Å². The zero-order chi connectivity index (χ0) is 39.0. The maximum Gasteiger partial charge on any atom is 0.339 e. The maximum absolute atomic E-state index is 14.3. The fraction of sp³-hybridized carbons (Fsp3) is 0.683. The van der Waals surface area contributed by atoms with Crippen LogP contribution in [0.4, 0.5) is 8.78 Å². The Balaban J connectivity index is 3.10. The van der Waals surface area contributed by atoms with Gasteiger partial charge in [-0.15, -0.1) is 5.92 Å². The first-order chi connectivity index (χ1) is 24.6. The minimum Gasteiger partial charge on any atom is -0.481 e. The standard InChI is InChI=1S/C41H63F2NO8/c1-8-10-12-16-19-26-40(42,43)27-20-17-14-13-15-18-21-34(41(48,28-30-49-6)38(47)52-39(3,4)5)36(45)44-35(37(46)50-7)31-32-22-24-33(25-23-32)51-29-11-9-2/h18,21-25,34-35,48H,8,10,12-17,19-20,26-31H2,1-7H3,(H,44,45)/b21-18+/t34-,35+,41+/m1/s1. The van der Waals surface area contributed by atoms with Crippen molar-refractivity contribution in [2.75, 3.05) is 27.4 Å². The number of hydrogen-bond donors (Lipinski definition) is 2. The van der Waals surface area contributed by atoms with Crippen LogP contribution < -0.4 is 10.1 Å². The van der Waals surface area contributed by atoms with Crippen LogP contribution in [0, 0.1) is 17.8 Å². The molecule has 0 bridgehead atoms. The number of rotatable bonds is 26. The lowest BCUT2D eigenvalue weighted by Crippen LogP contribution is -2.56. The molecule has 1 amide bonds. The predicted octanol–water partition coefficient (Wildman–Crippen LogP) is 7.91. The molecule has 11 heteroatoms. The molecule has 0 saturated carbocycles. The molecule has 52 heavy (non-hydrogen) atoms. The van der Waals surface area contributed by atoms with Crippen molar-refractivity contribution in [1.82, 2.24) is 5.32 Å². The van der Waals surface area contributed by atoms with Crippen LogP contribution in [0.2, 0.25) is 0 Å². The minimum absolute atomic E-state index is 0.0601. The van der Waals surface area contributed by atoms with Gasteiger partial charge in [-0.1, -0.05) is 75.7 Å². The molecule has 9 nitrogen and oxygen atoms in total. The number of esters is 2. The average molecular weight is 736 g/mol. The monoisotopic (exact) mass is 735 g/mol. The highest BCUT2D eigenvalue weighted by molar-refractivity contribution is 5.93. The second-order valence-corrected chi connectivity index (χ2v) is 14.2. The number of hydrogen-bond acceptors (Lipinski definition) is 8. The number of ether oxygens (including phenoxy) is 4. The van der Waals surface area contributed by atoms with Crippen LogP contribution in [0.25, 0.3) is 0 Å². The van der Waals surface area contributed by atoms with E-state index in [1.165, 1.54) is 20.3 Å². The Morgan fingerprint density at radius 2 is 1.54 bits per heavy atom. The molecule has 0 aromatic heterocycles. The SMILES string of the molecule is CC#CCOc1ccc(C[C@H](NC(=O)[C@@H](/C=C/CCCCCCC(F)(F)CCCCCCC)[C@@](O)(CCOC)C(=O)OC(C)(C)C)C(=O)OC)cc1. The molecule has 2 N–H and O–H groups in total. The quantitative estimate of drug-likeness (QED) is 0.0427. The van der Waals surface area contributed by atoms with E-state index in [9.17, 15) is 28.3 Å². The Morgan fingerprint density at radius 1 is 0.923 bits per heavy atom. The van der Waals surface area contributed by atoms with Crippen molar-refractivity contribution in [2.24, 2.45) is 5.92 Å². The molecular weight excluding hydrogens is 672 g/mol. The van der Waals surface area contributed by atoms with Gasteiger partial charge >= 0.3 is 11.9 Å². The minimum atomic E-state index is -2.65. The summed E-state index contributed by atoms with van der Waals surface area (Å²) in [5.41, 5.74) is -2.61. The number of aliphatic hydroxyl groups is 1. The topological polar surface area (TPSA) is 120 Å². The molecule has 0 aliphatic heterocycles. The first kappa shape index (κ1) is 46.5. The van der Waals surface area contributed by atoms with E-state index in [0.29, 0.717) is 49.8 Å². The van der Waals surface area contributed by atoms with E-state index < -0.39 is 46.9 Å². The van der Waals surface area contributed by atoms with Gasteiger partial charge in [-0.25, -0.2) is 18.4 Å². The molecule has 0 spiro atoms. The summed E-state index contributed by atoms with van der Waals surface area (Å²) in [5, 5.41) is 14.6. The number of benzene rings is 1.